The molecule has 4 heteroatoms. The normalized spacial score (nSPS) is 11.2. The number of aryl methyl sites for hydroxylation is 1. The summed E-state index contributed by atoms with van der Waals surface area (Å²) in [6.07, 6.45) is 1.82. The molecule has 2 aromatic rings. The number of furan rings is 1. The van der Waals surface area contributed by atoms with Crippen LogP contribution >= 0.6 is 0 Å². The number of nitrogens with zero attached hydrogens (tertiary/aromatic N) is 2. The Morgan fingerprint density at radius 2 is 2.15 bits per heavy atom. The summed E-state index contributed by atoms with van der Waals surface area (Å²) < 4.78 is 5.61. The van der Waals surface area contributed by atoms with Crippen LogP contribution in [-0.2, 0) is 19.6 Å². The number of aromatic nitrogens is 1. The molecule has 0 atom stereocenters. The van der Waals surface area contributed by atoms with Gasteiger partial charge in [0.15, 0.2) is 0 Å². The SMILES string of the molecule is CCN(Cc1cccc(C)n1)Cc1cc(CNC)co1. The van der Waals surface area contributed by atoms with E-state index in [-0.39, 0.29) is 0 Å². The summed E-state index contributed by atoms with van der Waals surface area (Å²) in [5.74, 6) is 1.00. The summed E-state index contributed by atoms with van der Waals surface area (Å²) >= 11 is 0. The Hall–Kier alpha value is -1.65. The fraction of sp³-hybridized carbons (Fsp3) is 0.438. The number of hydrogen-bond donors (Lipinski definition) is 1. The minimum atomic E-state index is 0.815. The van der Waals surface area contributed by atoms with E-state index in [1.54, 1.807) is 0 Å². The number of hydrogen-bond acceptors (Lipinski definition) is 4. The Bertz CT molecular complexity index is 536. The van der Waals surface area contributed by atoms with Gasteiger partial charge in [0.05, 0.1) is 18.5 Å². The highest BCUT2D eigenvalue weighted by atomic mass is 16.3. The Balaban J connectivity index is 1.97. The fourth-order valence-corrected chi connectivity index (χ4v) is 2.22. The average Bonchev–Trinajstić information content (AvgIpc) is 2.86. The molecule has 20 heavy (non-hydrogen) atoms. The van der Waals surface area contributed by atoms with E-state index in [0.717, 1.165) is 43.3 Å². The predicted molar refractivity (Wildman–Crippen MR) is 80.2 cm³/mol. The molecule has 0 bridgehead atoms. The third kappa shape index (κ3) is 4.18. The minimum absolute atomic E-state index is 0.815. The molecular weight excluding hydrogens is 250 g/mol. The van der Waals surface area contributed by atoms with Crippen molar-refractivity contribution in [3.63, 3.8) is 0 Å². The molecule has 0 aromatic carbocycles. The average molecular weight is 273 g/mol. The van der Waals surface area contributed by atoms with Crippen LogP contribution in [0.3, 0.4) is 0 Å². The van der Waals surface area contributed by atoms with E-state index in [1.165, 1.54) is 5.56 Å². The number of nitrogens with one attached hydrogen (secondary N) is 1. The van der Waals surface area contributed by atoms with E-state index in [1.807, 2.05) is 26.3 Å². The topological polar surface area (TPSA) is 41.3 Å². The Labute approximate surface area is 120 Å². The Kier molecular flexibility index (Phi) is 5.32. The van der Waals surface area contributed by atoms with E-state index in [2.05, 4.69) is 40.3 Å². The summed E-state index contributed by atoms with van der Waals surface area (Å²) in [5.41, 5.74) is 3.36. The molecule has 0 amide bonds. The van der Waals surface area contributed by atoms with Crippen LogP contribution in [0, 0.1) is 6.92 Å². The van der Waals surface area contributed by atoms with E-state index < -0.39 is 0 Å². The third-order valence-electron chi connectivity index (χ3n) is 3.25. The quantitative estimate of drug-likeness (QED) is 0.842. The van der Waals surface area contributed by atoms with E-state index in [0.29, 0.717) is 0 Å². The highest BCUT2D eigenvalue weighted by molar-refractivity contribution is 5.13. The van der Waals surface area contributed by atoms with Gasteiger partial charge in [-0.25, -0.2) is 0 Å². The molecule has 0 aliphatic heterocycles. The molecule has 0 radical (unpaired) electrons. The molecule has 2 rings (SSSR count). The molecule has 0 fully saturated rings. The van der Waals surface area contributed by atoms with Crippen molar-refractivity contribution >= 4 is 0 Å². The van der Waals surface area contributed by atoms with Gasteiger partial charge in [-0.15, -0.1) is 0 Å². The Morgan fingerprint density at radius 3 is 2.85 bits per heavy atom. The molecule has 4 nitrogen and oxygen atoms in total. The van der Waals surface area contributed by atoms with Gasteiger partial charge in [0.2, 0.25) is 0 Å². The Morgan fingerprint density at radius 1 is 1.30 bits per heavy atom. The van der Waals surface area contributed by atoms with Gasteiger partial charge in [-0.1, -0.05) is 13.0 Å². The fourth-order valence-electron chi connectivity index (χ4n) is 2.22. The van der Waals surface area contributed by atoms with Gasteiger partial charge >= 0.3 is 0 Å². The van der Waals surface area contributed by atoms with Crippen molar-refractivity contribution < 1.29 is 4.42 Å². The smallest absolute Gasteiger partial charge is 0.118 e. The van der Waals surface area contributed by atoms with Crippen molar-refractivity contribution in [2.75, 3.05) is 13.6 Å². The monoisotopic (exact) mass is 273 g/mol. The lowest BCUT2D eigenvalue weighted by Gasteiger charge is -2.18. The van der Waals surface area contributed by atoms with E-state index in [4.69, 9.17) is 4.42 Å². The maximum absolute atomic E-state index is 5.61. The van der Waals surface area contributed by atoms with Gasteiger partial charge in [-0.3, -0.25) is 9.88 Å². The van der Waals surface area contributed by atoms with Crippen LogP contribution in [0.4, 0.5) is 0 Å². The molecule has 2 aromatic heterocycles. The molecule has 0 aliphatic carbocycles. The summed E-state index contributed by atoms with van der Waals surface area (Å²) in [4.78, 5) is 6.88. The maximum atomic E-state index is 5.61. The van der Waals surface area contributed by atoms with Crippen molar-refractivity contribution in [2.45, 2.75) is 33.5 Å². The standard InChI is InChI=1S/C16H23N3O/c1-4-19(10-15-7-5-6-13(2)18-15)11-16-8-14(9-17-3)12-20-16/h5-8,12,17H,4,9-11H2,1-3H3. The molecule has 0 aliphatic rings. The van der Waals surface area contributed by atoms with Crippen LogP contribution in [0.15, 0.2) is 34.9 Å². The first-order chi connectivity index (χ1) is 9.71. The van der Waals surface area contributed by atoms with Crippen LogP contribution in [0.25, 0.3) is 0 Å². The molecule has 0 unspecified atom stereocenters. The van der Waals surface area contributed by atoms with Gasteiger partial charge in [0, 0.05) is 24.3 Å². The van der Waals surface area contributed by atoms with E-state index >= 15 is 0 Å². The molecule has 1 N–H and O–H groups in total. The lowest BCUT2D eigenvalue weighted by Crippen LogP contribution is -2.22. The largest absolute Gasteiger partial charge is 0.468 e. The van der Waals surface area contributed by atoms with Crippen LogP contribution in [-0.4, -0.2) is 23.5 Å². The summed E-state index contributed by atoms with van der Waals surface area (Å²) in [7, 11) is 1.94. The zero-order valence-electron chi connectivity index (χ0n) is 12.5. The van der Waals surface area contributed by atoms with Crippen LogP contribution in [0.5, 0.6) is 0 Å². The summed E-state index contributed by atoms with van der Waals surface area (Å²) in [6, 6.07) is 8.27. The second-order valence-electron chi connectivity index (χ2n) is 5.03. The predicted octanol–water partition coefficient (Wildman–Crippen LogP) is 2.72. The second-order valence-corrected chi connectivity index (χ2v) is 5.03. The highest BCUT2D eigenvalue weighted by Gasteiger charge is 2.09. The van der Waals surface area contributed by atoms with Gasteiger partial charge < -0.3 is 9.73 Å². The molecule has 2 heterocycles. The summed E-state index contributed by atoms with van der Waals surface area (Å²) in [5, 5.41) is 3.13. The van der Waals surface area contributed by atoms with Crippen LogP contribution in [0.1, 0.15) is 29.6 Å². The zero-order valence-corrected chi connectivity index (χ0v) is 12.5. The van der Waals surface area contributed by atoms with Crippen molar-refractivity contribution in [2.24, 2.45) is 0 Å². The molecule has 0 saturated carbocycles. The van der Waals surface area contributed by atoms with Crippen molar-refractivity contribution in [3.8, 4) is 0 Å². The van der Waals surface area contributed by atoms with Crippen LogP contribution in [0.2, 0.25) is 0 Å². The van der Waals surface area contributed by atoms with Gasteiger partial charge in [0.25, 0.3) is 0 Å². The maximum Gasteiger partial charge on any atom is 0.118 e. The van der Waals surface area contributed by atoms with Crippen molar-refractivity contribution in [1.29, 1.82) is 0 Å². The van der Waals surface area contributed by atoms with Crippen LogP contribution < -0.4 is 5.32 Å². The van der Waals surface area contributed by atoms with Gasteiger partial charge in [-0.2, -0.15) is 0 Å². The summed E-state index contributed by atoms with van der Waals surface area (Å²) in [6.45, 7) is 7.66. The first-order valence-electron chi connectivity index (χ1n) is 7.07. The highest BCUT2D eigenvalue weighted by Crippen LogP contribution is 2.12. The third-order valence-corrected chi connectivity index (χ3v) is 3.25. The first kappa shape index (κ1) is 14.8. The van der Waals surface area contributed by atoms with E-state index in [9.17, 15) is 0 Å². The first-order valence-corrected chi connectivity index (χ1v) is 7.07. The molecule has 0 spiro atoms. The lowest BCUT2D eigenvalue weighted by molar-refractivity contribution is 0.245. The minimum Gasteiger partial charge on any atom is -0.468 e. The van der Waals surface area contributed by atoms with Crippen molar-refractivity contribution in [1.82, 2.24) is 15.2 Å². The van der Waals surface area contributed by atoms with Gasteiger partial charge in [-0.05, 0) is 38.7 Å². The second kappa shape index (κ2) is 7.22. The molecule has 108 valence electrons. The molecular formula is C16H23N3O. The van der Waals surface area contributed by atoms with Crippen molar-refractivity contribution in [3.05, 3.63) is 53.2 Å². The zero-order chi connectivity index (χ0) is 14.4. The molecule has 0 saturated heterocycles. The number of pyridine rings is 1. The van der Waals surface area contributed by atoms with Gasteiger partial charge in [0.1, 0.15) is 5.76 Å². The number of rotatable bonds is 7. The lowest BCUT2D eigenvalue weighted by atomic mass is 10.2.